The van der Waals surface area contributed by atoms with Crippen molar-refractivity contribution in [2.24, 2.45) is 11.1 Å². The molecule has 0 aromatic heterocycles. The summed E-state index contributed by atoms with van der Waals surface area (Å²) in [6, 6.07) is 5.83. The standard InChI is InChI=1S/C12H11Cl2NO/c13-10-2-1-7(4-11(10)14)12-5-8(12)3-9(6-12)15-16/h1-2,4,8,16H,3,5-6H2/b15-9+/t8-,12?/m1/s1. The second kappa shape index (κ2) is 3.38. The minimum absolute atomic E-state index is 0.176. The largest absolute Gasteiger partial charge is 0.411 e. The Morgan fingerprint density at radius 1 is 1.31 bits per heavy atom. The van der Waals surface area contributed by atoms with Crippen molar-refractivity contribution < 1.29 is 5.21 Å². The molecule has 0 spiro atoms. The summed E-state index contributed by atoms with van der Waals surface area (Å²) in [4.78, 5) is 0. The monoisotopic (exact) mass is 255 g/mol. The molecule has 1 aromatic rings. The maximum Gasteiger partial charge on any atom is 0.0595 e. The van der Waals surface area contributed by atoms with E-state index < -0.39 is 0 Å². The van der Waals surface area contributed by atoms with Crippen LogP contribution in [-0.2, 0) is 5.41 Å². The minimum Gasteiger partial charge on any atom is -0.411 e. The highest BCUT2D eigenvalue weighted by Crippen LogP contribution is 2.63. The Hall–Kier alpha value is -0.730. The van der Waals surface area contributed by atoms with Crippen LogP contribution in [0.4, 0.5) is 0 Å². The Labute approximate surface area is 104 Å². The van der Waals surface area contributed by atoms with E-state index in [0.29, 0.717) is 16.0 Å². The fraction of sp³-hybridized carbons (Fsp3) is 0.417. The van der Waals surface area contributed by atoms with Crippen molar-refractivity contribution in [3.8, 4) is 0 Å². The van der Waals surface area contributed by atoms with Gasteiger partial charge in [0.15, 0.2) is 0 Å². The van der Waals surface area contributed by atoms with Crippen molar-refractivity contribution in [1.82, 2.24) is 0 Å². The van der Waals surface area contributed by atoms with E-state index in [1.54, 1.807) is 0 Å². The number of fused-ring (bicyclic) bond motifs is 1. The number of benzene rings is 1. The minimum atomic E-state index is 0.176. The Bertz CT molecular complexity index is 486. The first-order valence-corrected chi connectivity index (χ1v) is 6.06. The van der Waals surface area contributed by atoms with E-state index in [1.807, 2.05) is 18.2 Å². The fourth-order valence-corrected chi connectivity index (χ4v) is 3.22. The van der Waals surface area contributed by atoms with E-state index in [-0.39, 0.29) is 5.41 Å². The molecular formula is C12H11Cl2NO. The number of oxime groups is 1. The van der Waals surface area contributed by atoms with Crippen molar-refractivity contribution in [2.45, 2.75) is 24.7 Å². The van der Waals surface area contributed by atoms with Gasteiger partial charge in [-0.3, -0.25) is 0 Å². The maximum atomic E-state index is 8.81. The van der Waals surface area contributed by atoms with Crippen LogP contribution in [0.2, 0.25) is 10.0 Å². The Kier molecular flexibility index (Phi) is 2.20. The predicted molar refractivity (Wildman–Crippen MR) is 64.7 cm³/mol. The lowest BCUT2D eigenvalue weighted by molar-refractivity contribution is 0.316. The van der Waals surface area contributed by atoms with E-state index in [0.717, 1.165) is 18.6 Å². The molecule has 1 unspecified atom stereocenters. The van der Waals surface area contributed by atoms with Crippen LogP contribution in [-0.4, -0.2) is 10.9 Å². The molecule has 2 nitrogen and oxygen atoms in total. The summed E-state index contributed by atoms with van der Waals surface area (Å²) < 4.78 is 0. The SMILES string of the molecule is O/N=C1\C[C@@H]2CC2(c2ccc(Cl)c(Cl)c2)C1. The number of rotatable bonds is 1. The normalized spacial score (nSPS) is 34.1. The van der Waals surface area contributed by atoms with Gasteiger partial charge < -0.3 is 5.21 Å². The molecule has 0 heterocycles. The van der Waals surface area contributed by atoms with Crippen molar-refractivity contribution >= 4 is 28.9 Å². The highest BCUT2D eigenvalue weighted by molar-refractivity contribution is 6.42. The topological polar surface area (TPSA) is 32.6 Å². The zero-order valence-corrected chi connectivity index (χ0v) is 10.1. The molecule has 2 atom stereocenters. The lowest BCUT2D eigenvalue weighted by Gasteiger charge is -2.12. The van der Waals surface area contributed by atoms with Crippen LogP contribution < -0.4 is 0 Å². The Morgan fingerprint density at radius 3 is 2.75 bits per heavy atom. The Balaban J connectivity index is 1.97. The molecule has 0 radical (unpaired) electrons. The molecule has 2 fully saturated rings. The summed E-state index contributed by atoms with van der Waals surface area (Å²) in [5.74, 6) is 0.621. The summed E-state index contributed by atoms with van der Waals surface area (Å²) in [6.07, 6.45) is 2.94. The fourth-order valence-electron chi connectivity index (χ4n) is 2.92. The summed E-state index contributed by atoms with van der Waals surface area (Å²) >= 11 is 11.9. The van der Waals surface area contributed by atoms with E-state index in [1.165, 1.54) is 12.0 Å². The lowest BCUT2D eigenvalue weighted by atomic mass is 9.93. The van der Waals surface area contributed by atoms with E-state index in [2.05, 4.69) is 5.16 Å². The first kappa shape index (κ1) is 10.4. The zero-order chi connectivity index (χ0) is 11.3. The van der Waals surface area contributed by atoms with Gasteiger partial charge in [0.1, 0.15) is 0 Å². The van der Waals surface area contributed by atoms with Crippen LogP contribution in [0, 0.1) is 5.92 Å². The zero-order valence-electron chi connectivity index (χ0n) is 8.58. The average molecular weight is 256 g/mol. The molecule has 1 N–H and O–H groups in total. The van der Waals surface area contributed by atoms with Crippen LogP contribution in [0.3, 0.4) is 0 Å². The molecule has 0 amide bonds. The molecule has 16 heavy (non-hydrogen) atoms. The smallest absolute Gasteiger partial charge is 0.0595 e. The highest BCUT2D eigenvalue weighted by Gasteiger charge is 2.60. The van der Waals surface area contributed by atoms with Crippen molar-refractivity contribution in [3.63, 3.8) is 0 Å². The van der Waals surface area contributed by atoms with Gasteiger partial charge in [0.25, 0.3) is 0 Å². The van der Waals surface area contributed by atoms with E-state index in [9.17, 15) is 0 Å². The van der Waals surface area contributed by atoms with Crippen LogP contribution in [0.15, 0.2) is 23.4 Å². The van der Waals surface area contributed by atoms with Gasteiger partial charge in [-0.2, -0.15) is 0 Å². The number of halogens is 2. The predicted octanol–water partition coefficient (Wildman–Crippen LogP) is 3.88. The molecule has 2 aliphatic rings. The van der Waals surface area contributed by atoms with E-state index in [4.69, 9.17) is 28.4 Å². The third kappa shape index (κ3) is 1.36. The second-order valence-corrected chi connectivity index (χ2v) is 5.55. The lowest BCUT2D eigenvalue weighted by Crippen LogP contribution is -2.07. The summed E-state index contributed by atoms with van der Waals surface area (Å²) in [6.45, 7) is 0. The average Bonchev–Trinajstić information content (AvgIpc) is 2.86. The summed E-state index contributed by atoms with van der Waals surface area (Å²) in [7, 11) is 0. The molecule has 4 heteroatoms. The summed E-state index contributed by atoms with van der Waals surface area (Å²) in [5.41, 5.74) is 2.31. The molecule has 0 saturated heterocycles. The molecule has 1 aromatic carbocycles. The maximum absolute atomic E-state index is 8.81. The number of hydrogen-bond donors (Lipinski definition) is 1. The van der Waals surface area contributed by atoms with Gasteiger partial charge in [-0.15, -0.1) is 0 Å². The molecular weight excluding hydrogens is 245 g/mol. The van der Waals surface area contributed by atoms with Crippen LogP contribution in [0.5, 0.6) is 0 Å². The van der Waals surface area contributed by atoms with Gasteiger partial charge in [0.05, 0.1) is 15.8 Å². The van der Waals surface area contributed by atoms with Crippen molar-refractivity contribution in [3.05, 3.63) is 33.8 Å². The third-order valence-corrected chi connectivity index (χ3v) is 4.61. The molecule has 3 rings (SSSR count). The quantitative estimate of drug-likeness (QED) is 0.600. The summed E-state index contributed by atoms with van der Waals surface area (Å²) in [5, 5.41) is 13.3. The molecule has 2 saturated carbocycles. The van der Waals surface area contributed by atoms with Crippen molar-refractivity contribution in [2.75, 3.05) is 0 Å². The number of nitrogens with zero attached hydrogens (tertiary/aromatic N) is 1. The molecule has 2 aliphatic carbocycles. The van der Waals surface area contributed by atoms with Crippen molar-refractivity contribution in [1.29, 1.82) is 0 Å². The molecule has 84 valence electrons. The van der Waals surface area contributed by atoms with Gasteiger partial charge >= 0.3 is 0 Å². The number of hydrogen-bond acceptors (Lipinski definition) is 2. The van der Waals surface area contributed by atoms with Gasteiger partial charge in [-0.1, -0.05) is 34.4 Å². The molecule has 0 bridgehead atoms. The first-order valence-electron chi connectivity index (χ1n) is 5.31. The third-order valence-electron chi connectivity index (χ3n) is 3.87. The van der Waals surface area contributed by atoms with Crippen LogP contribution in [0.25, 0.3) is 0 Å². The Morgan fingerprint density at radius 2 is 2.12 bits per heavy atom. The van der Waals surface area contributed by atoms with Gasteiger partial charge in [0, 0.05) is 5.41 Å². The first-order chi connectivity index (χ1) is 7.65. The van der Waals surface area contributed by atoms with Gasteiger partial charge in [-0.05, 0) is 42.9 Å². The highest BCUT2D eigenvalue weighted by atomic mass is 35.5. The molecule has 0 aliphatic heterocycles. The van der Waals surface area contributed by atoms with Crippen LogP contribution in [0.1, 0.15) is 24.8 Å². The second-order valence-electron chi connectivity index (χ2n) is 4.73. The van der Waals surface area contributed by atoms with Gasteiger partial charge in [-0.25, -0.2) is 0 Å². The van der Waals surface area contributed by atoms with E-state index >= 15 is 0 Å². The van der Waals surface area contributed by atoms with Crippen LogP contribution >= 0.6 is 23.2 Å². The van der Waals surface area contributed by atoms with Gasteiger partial charge in [0.2, 0.25) is 0 Å².